The van der Waals surface area contributed by atoms with Crippen LogP contribution in [0.4, 0.5) is 18.9 Å². The summed E-state index contributed by atoms with van der Waals surface area (Å²) in [4.78, 5) is 4.22. The summed E-state index contributed by atoms with van der Waals surface area (Å²) in [7, 11) is 0. The third kappa shape index (κ3) is 3.81. The largest absolute Gasteiger partial charge is 0.416 e. The topological polar surface area (TPSA) is 51.0 Å². The zero-order valence-electron chi connectivity index (χ0n) is 13.7. The zero-order chi connectivity index (χ0) is 18.0. The number of nitrogens with zero attached hydrogens (tertiary/aromatic N) is 2. The first kappa shape index (κ1) is 17.0. The lowest BCUT2D eigenvalue weighted by molar-refractivity contribution is -0.137. The molecule has 1 aromatic heterocycles. The summed E-state index contributed by atoms with van der Waals surface area (Å²) in [6, 6.07) is 10.6. The van der Waals surface area contributed by atoms with E-state index in [9.17, 15) is 13.2 Å². The second-order valence-electron chi connectivity index (χ2n) is 5.69. The van der Waals surface area contributed by atoms with Crippen molar-refractivity contribution in [1.29, 1.82) is 0 Å². The Labute approximate surface area is 142 Å². The van der Waals surface area contributed by atoms with Crippen molar-refractivity contribution in [3.8, 4) is 11.4 Å². The smallest absolute Gasteiger partial charge is 0.376 e. The molecule has 0 atom stereocenters. The van der Waals surface area contributed by atoms with E-state index in [1.165, 1.54) is 17.7 Å². The summed E-state index contributed by atoms with van der Waals surface area (Å²) in [5.74, 6) is 0.613. The van der Waals surface area contributed by atoms with E-state index in [1.54, 1.807) is 0 Å². The van der Waals surface area contributed by atoms with Gasteiger partial charge in [-0.25, -0.2) is 0 Å². The molecule has 0 unspecified atom stereocenters. The Morgan fingerprint density at radius 1 is 1.04 bits per heavy atom. The lowest BCUT2D eigenvalue weighted by Gasteiger charge is -2.09. The monoisotopic (exact) mass is 347 g/mol. The molecule has 25 heavy (non-hydrogen) atoms. The summed E-state index contributed by atoms with van der Waals surface area (Å²) in [6.45, 7) is 4.37. The molecular weight excluding hydrogens is 331 g/mol. The molecule has 3 aromatic rings. The lowest BCUT2D eigenvalue weighted by Crippen LogP contribution is -2.04. The van der Waals surface area contributed by atoms with Gasteiger partial charge in [-0.3, -0.25) is 0 Å². The number of aryl methyl sites for hydroxylation is 1. The van der Waals surface area contributed by atoms with Gasteiger partial charge in [0, 0.05) is 11.3 Å². The van der Waals surface area contributed by atoms with E-state index >= 15 is 0 Å². The second kappa shape index (κ2) is 6.58. The van der Waals surface area contributed by atoms with E-state index in [0.717, 1.165) is 23.4 Å². The molecule has 0 saturated heterocycles. The summed E-state index contributed by atoms with van der Waals surface area (Å²) < 4.78 is 42.9. The van der Waals surface area contributed by atoms with Gasteiger partial charge in [0.15, 0.2) is 0 Å². The molecular formula is C18H16F3N3O. The number of hydrogen-bond donors (Lipinski definition) is 1. The van der Waals surface area contributed by atoms with Crippen molar-refractivity contribution in [1.82, 2.24) is 10.1 Å². The first-order valence-electron chi connectivity index (χ1n) is 7.65. The standard InChI is InChI=1S/C18H16F3N3O/c1-11-4-3-5-15(12(11)2)22-10-16-23-17(24-25-16)13-6-8-14(9-7-13)18(19,20)21/h3-9,22H,10H2,1-2H3. The molecule has 1 N–H and O–H groups in total. The number of alkyl halides is 3. The predicted molar refractivity (Wildman–Crippen MR) is 88.0 cm³/mol. The number of aromatic nitrogens is 2. The van der Waals surface area contributed by atoms with Crippen LogP contribution in [0.15, 0.2) is 47.0 Å². The van der Waals surface area contributed by atoms with Gasteiger partial charge in [0.2, 0.25) is 11.7 Å². The number of nitrogens with one attached hydrogen (secondary N) is 1. The lowest BCUT2D eigenvalue weighted by atomic mass is 10.1. The van der Waals surface area contributed by atoms with Crippen LogP contribution in [-0.2, 0) is 12.7 Å². The zero-order valence-corrected chi connectivity index (χ0v) is 13.7. The van der Waals surface area contributed by atoms with Crippen LogP contribution in [0.3, 0.4) is 0 Å². The van der Waals surface area contributed by atoms with E-state index < -0.39 is 11.7 Å². The Bertz CT molecular complexity index is 870. The van der Waals surface area contributed by atoms with Crippen molar-refractivity contribution in [2.45, 2.75) is 26.6 Å². The molecule has 4 nitrogen and oxygen atoms in total. The molecule has 0 aliphatic heterocycles. The minimum atomic E-state index is -4.36. The van der Waals surface area contributed by atoms with Crippen LogP contribution in [0, 0.1) is 13.8 Å². The fraction of sp³-hybridized carbons (Fsp3) is 0.222. The molecule has 0 aliphatic carbocycles. The van der Waals surface area contributed by atoms with Gasteiger partial charge in [0.25, 0.3) is 0 Å². The van der Waals surface area contributed by atoms with Crippen LogP contribution < -0.4 is 5.32 Å². The molecule has 2 aromatic carbocycles. The summed E-state index contributed by atoms with van der Waals surface area (Å²) in [6.07, 6.45) is -4.36. The van der Waals surface area contributed by atoms with E-state index in [4.69, 9.17) is 4.52 Å². The van der Waals surface area contributed by atoms with Gasteiger partial charge in [0.1, 0.15) is 0 Å². The Balaban J connectivity index is 1.71. The van der Waals surface area contributed by atoms with Crippen LogP contribution in [0.1, 0.15) is 22.6 Å². The second-order valence-corrected chi connectivity index (χ2v) is 5.69. The van der Waals surface area contributed by atoms with Gasteiger partial charge >= 0.3 is 6.18 Å². The van der Waals surface area contributed by atoms with Crippen LogP contribution in [-0.4, -0.2) is 10.1 Å². The average molecular weight is 347 g/mol. The Morgan fingerprint density at radius 3 is 2.44 bits per heavy atom. The van der Waals surface area contributed by atoms with Gasteiger partial charge in [-0.15, -0.1) is 0 Å². The Kier molecular flexibility index (Phi) is 4.48. The van der Waals surface area contributed by atoms with Crippen molar-refractivity contribution < 1.29 is 17.7 Å². The van der Waals surface area contributed by atoms with Crippen LogP contribution in [0.25, 0.3) is 11.4 Å². The minimum absolute atomic E-state index is 0.256. The maximum absolute atomic E-state index is 12.6. The highest BCUT2D eigenvalue weighted by molar-refractivity contribution is 5.55. The predicted octanol–water partition coefficient (Wildman–Crippen LogP) is 4.98. The third-order valence-electron chi connectivity index (χ3n) is 3.97. The third-order valence-corrected chi connectivity index (χ3v) is 3.97. The van der Waals surface area contributed by atoms with Gasteiger partial charge in [-0.05, 0) is 43.2 Å². The number of anilines is 1. The molecule has 0 spiro atoms. The molecule has 130 valence electrons. The maximum Gasteiger partial charge on any atom is 0.416 e. The van der Waals surface area contributed by atoms with Crippen LogP contribution in [0.2, 0.25) is 0 Å². The van der Waals surface area contributed by atoms with Crippen LogP contribution in [0.5, 0.6) is 0 Å². The van der Waals surface area contributed by atoms with Crippen molar-refractivity contribution in [3.63, 3.8) is 0 Å². The maximum atomic E-state index is 12.6. The first-order valence-corrected chi connectivity index (χ1v) is 7.65. The highest BCUT2D eigenvalue weighted by Crippen LogP contribution is 2.30. The molecule has 0 amide bonds. The Hall–Kier alpha value is -2.83. The van der Waals surface area contributed by atoms with Gasteiger partial charge in [-0.1, -0.05) is 29.4 Å². The highest BCUT2D eigenvalue weighted by atomic mass is 19.4. The van der Waals surface area contributed by atoms with Crippen molar-refractivity contribution >= 4 is 5.69 Å². The number of hydrogen-bond acceptors (Lipinski definition) is 4. The van der Waals surface area contributed by atoms with E-state index in [1.807, 2.05) is 32.0 Å². The molecule has 0 bridgehead atoms. The van der Waals surface area contributed by atoms with E-state index in [0.29, 0.717) is 18.0 Å². The number of benzene rings is 2. The fourth-order valence-corrected chi connectivity index (χ4v) is 2.37. The van der Waals surface area contributed by atoms with E-state index in [-0.39, 0.29) is 5.82 Å². The van der Waals surface area contributed by atoms with Crippen molar-refractivity contribution in [2.75, 3.05) is 5.32 Å². The van der Waals surface area contributed by atoms with E-state index in [2.05, 4.69) is 15.5 Å². The van der Waals surface area contributed by atoms with Crippen molar-refractivity contribution in [2.24, 2.45) is 0 Å². The number of rotatable bonds is 4. The number of halogens is 3. The summed E-state index contributed by atoms with van der Waals surface area (Å²) in [5, 5.41) is 7.04. The molecule has 0 fully saturated rings. The normalized spacial score (nSPS) is 11.6. The Morgan fingerprint density at radius 2 is 1.76 bits per heavy atom. The van der Waals surface area contributed by atoms with Gasteiger partial charge < -0.3 is 9.84 Å². The summed E-state index contributed by atoms with van der Waals surface area (Å²) >= 11 is 0. The molecule has 1 heterocycles. The highest BCUT2D eigenvalue weighted by Gasteiger charge is 2.30. The SMILES string of the molecule is Cc1cccc(NCc2nc(-c3ccc(C(F)(F)F)cc3)no2)c1C. The summed E-state index contributed by atoms with van der Waals surface area (Å²) in [5.41, 5.74) is 3.02. The molecule has 0 aliphatic rings. The van der Waals surface area contributed by atoms with Gasteiger partial charge in [-0.2, -0.15) is 18.2 Å². The first-order chi connectivity index (χ1) is 11.8. The fourth-order valence-electron chi connectivity index (χ4n) is 2.37. The minimum Gasteiger partial charge on any atom is -0.376 e. The molecule has 0 saturated carbocycles. The van der Waals surface area contributed by atoms with Gasteiger partial charge in [0.05, 0.1) is 12.1 Å². The average Bonchev–Trinajstić information content (AvgIpc) is 3.04. The van der Waals surface area contributed by atoms with Crippen molar-refractivity contribution in [3.05, 3.63) is 65.0 Å². The molecule has 7 heteroatoms. The molecule has 0 radical (unpaired) electrons. The quantitative estimate of drug-likeness (QED) is 0.723. The van der Waals surface area contributed by atoms with Crippen LogP contribution >= 0.6 is 0 Å². The molecule has 3 rings (SSSR count).